The number of carbonyl (C=O) groups is 1. The van der Waals surface area contributed by atoms with Gasteiger partial charge in [0.05, 0.1) is 7.05 Å². The molecule has 0 bridgehead atoms. The van der Waals surface area contributed by atoms with Crippen molar-refractivity contribution < 1.29 is 9.69 Å². The Labute approximate surface area is 193 Å². The molecule has 0 radical (unpaired) electrons. The summed E-state index contributed by atoms with van der Waals surface area (Å²) in [6, 6.07) is 0. The van der Waals surface area contributed by atoms with Gasteiger partial charge in [0.15, 0.2) is 24.0 Å². The molecular formula is C26H40N5O+. The number of rotatable bonds is 5. The number of quaternary nitrogens is 1. The van der Waals surface area contributed by atoms with Crippen LogP contribution >= 0.6 is 0 Å². The summed E-state index contributed by atoms with van der Waals surface area (Å²) in [5, 5.41) is 0. The van der Waals surface area contributed by atoms with Crippen LogP contribution in [0.15, 0.2) is 29.6 Å². The van der Waals surface area contributed by atoms with Gasteiger partial charge in [-0.25, -0.2) is 4.98 Å². The zero-order valence-electron chi connectivity index (χ0n) is 20.7. The third-order valence-corrected chi connectivity index (χ3v) is 9.19. The zero-order chi connectivity index (χ0) is 23.3. The molecule has 0 spiro atoms. The molecule has 0 amide bonds. The fourth-order valence-electron chi connectivity index (χ4n) is 6.56. The molecular weight excluding hydrogens is 398 g/mol. The van der Waals surface area contributed by atoms with Crippen LogP contribution in [0.4, 0.5) is 17.3 Å². The molecule has 4 rings (SSSR count). The summed E-state index contributed by atoms with van der Waals surface area (Å²) in [6.07, 6.45) is 11.1. The highest BCUT2D eigenvalue weighted by Crippen LogP contribution is 2.61. The van der Waals surface area contributed by atoms with Gasteiger partial charge < -0.3 is 10.6 Å². The number of allylic oxidation sites excluding steroid dienone is 3. The standard InChI is InChI=1S/C26H39N5O/c1-17(9-12-31-16-30(6)24-22(31)23(27)28-15-29-24)7-10-25(4)18(2)8-11-26(5)19(3)13-20(32)14-21(25)26/h9,13,15,18,21H,7-8,10-12,14,16H2,1-6H3,(H2,27,28,29)/p+1/t18-,21-,25+,26-/m0/s1. The van der Waals surface area contributed by atoms with Gasteiger partial charge >= 0.3 is 0 Å². The highest BCUT2D eigenvalue weighted by Gasteiger charge is 2.54. The molecule has 6 nitrogen and oxygen atoms in total. The van der Waals surface area contributed by atoms with E-state index < -0.39 is 0 Å². The van der Waals surface area contributed by atoms with E-state index in [1.54, 1.807) is 6.33 Å². The first-order valence-electron chi connectivity index (χ1n) is 12.1. The molecule has 174 valence electrons. The molecule has 32 heavy (non-hydrogen) atoms. The Balaban J connectivity index is 1.47. The maximum absolute atomic E-state index is 12.5. The van der Waals surface area contributed by atoms with Crippen LogP contribution in [0.2, 0.25) is 0 Å². The lowest BCUT2D eigenvalue weighted by atomic mass is 9.47. The SMILES string of the molecule is CC(=CCN1C[NH+](C)c2ncnc(N)c21)CC[C@]1(C)[C@@H](C)CC[C@@]2(C)C(C)=CC(=O)C[C@@H]12. The number of nitrogens with two attached hydrogens (primary N) is 1. The van der Waals surface area contributed by atoms with Crippen LogP contribution < -0.4 is 15.5 Å². The molecule has 1 aromatic heterocycles. The number of anilines is 2. The predicted octanol–water partition coefficient (Wildman–Crippen LogP) is 3.69. The molecule has 2 heterocycles. The van der Waals surface area contributed by atoms with Crippen molar-refractivity contribution in [1.29, 1.82) is 0 Å². The van der Waals surface area contributed by atoms with Gasteiger partial charge in [0.25, 0.3) is 5.82 Å². The molecule has 5 atom stereocenters. The van der Waals surface area contributed by atoms with Crippen LogP contribution in [0.25, 0.3) is 0 Å². The monoisotopic (exact) mass is 438 g/mol. The lowest BCUT2D eigenvalue weighted by Gasteiger charge is -2.57. The molecule has 0 aromatic carbocycles. The molecule has 3 N–H and O–H groups in total. The number of hydrogen-bond donors (Lipinski definition) is 2. The molecule has 2 aliphatic carbocycles. The number of aromatic nitrogens is 2. The first-order chi connectivity index (χ1) is 15.1. The number of hydrogen-bond acceptors (Lipinski definition) is 5. The smallest absolute Gasteiger partial charge is 0.256 e. The average Bonchev–Trinajstić information content (AvgIpc) is 3.07. The summed E-state index contributed by atoms with van der Waals surface area (Å²) in [5.74, 6) is 2.93. The fourth-order valence-corrected chi connectivity index (χ4v) is 6.56. The number of nitrogens with zero attached hydrogens (tertiary/aromatic N) is 3. The number of nitrogens with one attached hydrogen (secondary N) is 1. The minimum absolute atomic E-state index is 0.164. The lowest BCUT2D eigenvalue weighted by molar-refractivity contribution is -0.805. The quantitative estimate of drug-likeness (QED) is 0.686. The second kappa shape index (κ2) is 8.29. The third-order valence-electron chi connectivity index (χ3n) is 9.19. The van der Waals surface area contributed by atoms with Gasteiger partial charge in [-0.15, -0.1) is 0 Å². The van der Waals surface area contributed by atoms with Crippen LogP contribution in [0, 0.1) is 22.7 Å². The van der Waals surface area contributed by atoms with E-state index in [0.29, 0.717) is 29.9 Å². The van der Waals surface area contributed by atoms with Crippen LogP contribution in [0.1, 0.15) is 66.7 Å². The molecule has 1 unspecified atom stereocenters. The van der Waals surface area contributed by atoms with E-state index >= 15 is 0 Å². The second-order valence-electron chi connectivity index (χ2n) is 11.1. The maximum atomic E-state index is 12.5. The molecule has 3 aliphatic rings. The third kappa shape index (κ3) is 3.76. The van der Waals surface area contributed by atoms with E-state index in [1.165, 1.54) is 28.9 Å². The summed E-state index contributed by atoms with van der Waals surface area (Å²) in [5.41, 5.74) is 10.2. The molecule has 1 aromatic rings. The fraction of sp³-hybridized carbons (Fsp3) is 0.654. The summed E-state index contributed by atoms with van der Waals surface area (Å²) in [7, 11) is 2.12. The van der Waals surface area contributed by atoms with Crippen LogP contribution in [0.3, 0.4) is 0 Å². The Morgan fingerprint density at radius 3 is 2.88 bits per heavy atom. The molecule has 6 heteroatoms. The van der Waals surface area contributed by atoms with Crippen molar-refractivity contribution in [2.75, 3.05) is 30.9 Å². The average molecular weight is 439 g/mol. The Bertz CT molecular complexity index is 969. The van der Waals surface area contributed by atoms with Gasteiger partial charge in [-0.3, -0.25) is 9.69 Å². The molecule has 1 fully saturated rings. The van der Waals surface area contributed by atoms with Crippen molar-refractivity contribution in [3.05, 3.63) is 29.6 Å². The Morgan fingerprint density at radius 2 is 2.12 bits per heavy atom. The predicted molar refractivity (Wildman–Crippen MR) is 130 cm³/mol. The summed E-state index contributed by atoms with van der Waals surface area (Å²) in [4.78, 5) is 24.6. The first-order valence-corrected chi connectivity index (χ1v) is 12.1. The van der Waals surface area contributed by atoms with E-state index in [-0.39, 0.29) is 10.8 Å². The number of nitrogen functional groups attached to an aromatic ring is 1. The zero-order valence-corrected chi connectivity index (χ0v) is 20.7. The topological polar surface area (TPSA) is 76.6 Å². The van der Waals surface area contributed by atoms with Crippen molar-refractivity contribution in [3.63, 3.8) is 0 Å². The highest BCUT2D eigenvalue weighted by molar-refractivity contribution is 5.92. The number of fused-ring (bicyclic) bond motifs is 2. The Hall–Kier alpha value is -2.21. The lowest BCUT2D eigenvalue weighted by Crippen LogP contribution is -3.03. The number of ketones is 1. The Morgan fingerprint density at radius 1 is 1.38 bits per heavy atom. The first kappa shape index (κ1) is 23.0. The Kier molecular flexibility index (Phi) is 5.95. The van der Waals surface area contributed by atoms with Gasteiger partial charge in [-0.05, 0) is 68.3 Å². The summed E-state index contributed by atoms with van der Waals surface area (Å²) in [6.45, 7) is 13.3. The van der Waals surface area contributed by atoms with Gasteiger partial charge in [-0.1, -0.05) is 38.0 Å². The van der Waals surface area contributed by atoms with Crippen molar-refractivity contribution in [2.45, 2.75) is 66.7 Å². The van der Waals surface area contributed by atoms with E-state index in [9.17, 15) is 4.79 Å². The molecule has 1 aliphatic heterocycles. The van der Waals surface area contributed by atoms with Crippen molar-refractivity contribution in [2.24, 2.45) is 22.7 Å². The van der Waals surface area contributed by atoms with E-state index in [2.05, 4.69) is 62.6 Å². The maximum Gasteiger partial charge on any atom is 0.256 e. The van der Waals surface area contributed by atoms with Gasteiger partial charge in [0.2, 0.25) is 0 Å². The van der Waals surface area contributed by atoms with Crippen molar-refractivity contribution in [3.8, 4) is 0 Å². The molecule has 0 saturated heterocycles. The minimum atomic E-state index is 0.164. The van der Waals surface area contributed by atoms with Crippen molar-refractivity contribution >= 4 is 23.1 Å². The highest BCUT2D eigenvalue weighted by atomic mass is 16.1. The van der Waals surface area contributed by atoms with Crippen LogP contribution in [-0.4, -0.2) is 36.0 Å². The normalized spacial score (nSPS) is 34.9. The van der Waals surface area contributed by atoms with E-state index in [4.69, 9.17) is 5.73 Å². The summed E-state index contributed by atoms with van der Waals surface area (Å²) >= 11 is 0. The van der Waals surface area contributed by atoms with Crippen LogP contribution in [0.5, 0.6) is 0 Å². The second-order valence-corrected chi connectivity index (χ2v) is 11.1. The molecule has 1 saturated carbocycles. The van der Waals surface area contributed by atoms with E-state index in [0.717, 1.165) is 37.6 Å². The number of carbonyl (C=O) groups excluding carboxylic acids is 1. The van der Waals surface area contributed by atoms with Gasteiger partial charge in [0, 0.05) is 13.0 Å². The minimum Gasteiger partial charge on any atom is -0.382 e. The van der Waals surface area contributed by atoms with Crippen LogP contribution in [-0.2, 0) is 4.79 Å². The largest absolute Gasteiger partial charge is 0.382 e. The summed E-state index contributed by atoms with van der Waals surface area (Å²) < 4.78 is 0. The van der Waals surface area contributed by atoms with Crippen molar-refractivity contribution in [1.82, 2.24) is 9.97 Å². The van der Waals surface area contributed by atoms with Gasteiger partial charge in [0.1, 0.15) is 6.33 Å². The van der Waals surface area contributed by atoms with E-state index in [1.807, 2.05) is 6.08 Å². The van der Waals surface area contributed by atoms with Gasteiger partial charge in [-0.2, -0.15) is 4.98 Å².